The van der Waals surface area contributed by atoms with Gasteiger partial charge in [0.25, 0.3) is 11.8 Å². The summed E-state index contributed by atoms with van der Waals surface area (Å²) < 4.78 is 12.6. The molecule has 38 heavy (non-hydrogen) atoms. The summed E-state index contributed by atoms with van der Waals surface area (Å²) in [5, 5.41) is 2.24. The van der Waals surface area contributed by atoms with E-state index < -0.39 is 23.2 Å². The van der Waals surface area contributed by atoms with E-state index in [1.807, 2.05) is 18.4 Å². The van der Waals surface area contributed by atoms with E-state index in [9.17, 15) is 9.59 Å². The lowest BCUT2D eigenvalue weighted by atomic mass is 10.0. The minimum atomic E-state index is -0.779. The number of ether oxygens (including phenoxy) is 2. The second kappa shape index (κ2) is 10.0. The Hall–Kier alpha value is -4.07. The molecule has 194 valence electrons. The van der Waals surface area contributed by atoms with E-state index >= 15 is 0 Å². The number of methoxy groups -OCH3 is 2. The van der Waals surface area contributed by atoms with Crippen LogP contribution >= 0.6 is 23.2 Å². The van der Waals surface area contributed by atoms with Gasteiger partial charge >= 0.3 is 6.01 Å². The molecule has 2 aliphatic heterocycles. The zero-order valence-corrected chi connectivity index (χ0v) is 22.3. The molecule has 3 aromatic rings. The molecule has 10 nitrogen and oxygen atoms in total. The Bertz CT molecular complexity index is 1540. The van der Waals surface area contributed by atoms with Crippen LogP contribution in [0.2, 0.25) is 5.02 Å². The van der Waals surface area contributed by atoms with Crippen LogP contribution in [0.15, 0.2) is 42.2 Å². The second-order valence-electron chi connectivity index (χ2n) is 8.72. The van der Waals surface area contributed by atoms with Gasteiger partial charge < -0.3 is 14.0 Å². The van der Waals surface area contributed by atoms with Crippen LogP contribution in [0.1, 0.15) is 47.7 Å². The van der Waals surface area contributed by atoms with Gasteiger partial charge in [0.2, 0.25) is 5.88 Å². The highest BCUT2D eigenvalue weighted by atomic mass is 35.5. The number of hydrogen-bond acceptors (Lipinski definition) is 7. The summed E-state index contributed by atoms with van der Waals surface area (Å²) >= 11 is 12.5. The standard InChI is InChI=1S/C26H22Cl2N6O4/c1-13(2)33-21-19(31-22(33)17-12-30-26(38-4)32-24(17)37-3)25(36)34(18-11-16(28)9-10-29-23(18)35)20(21)14-5-7-15(27)8-6-14/h5-8,11-13,16,20H,1-4H3,(H,29,35)/t16?,20-/m0/s1. The van der Waals surface area contributed by atoms with Crippen LogP contribution in [0.4, 0.5) is 0 Å². The van der Waals surface area contributed by atoms with Gasteiger partial charge in [-0.2, -0.15) is 4.98 Å². The highest BCUT2D eigenvalue weighted by Crippen LogP contribution is 2.45. The van der Waals surface area contributed by atoms with Crippen molar-refractivity contribution in [3.63, 3.8) is 0 Å². The molecule has 1 aromatic carbocycles. The maximum Gasteiger partial charge on any atom is 0.319 e. The number of nitrogens with zero attached hydrogens (tertiary/aromatic N) is 5. The quantitative estimate of drug-likeness (QED) is 0.366. The van der Waals surface area contributed by atoms with Gasteiger partial charge in [-0.1, -0.05) is 29.7 Å². The van der Waals surface area contributed by atoms with Crippen LogP contribution in [-0.2, 0) is 4.79 Å². The number of benzene rings is 1. The van der Waals surface area contributed by atoms with E-state index in [1.54, 1.807) is 24.3 Å². The Morgan fingerprint density at radius 2 is 1.84 bits per heavy atom. The maximum absolute atomic E-state index is 14.0. The molecule has 12 heteroatoms. The maximum atomic E-state index is 14.0. The Morgan fingerprint density at radius 1 is 1.11 bits per heavy atom. The van der Waals surface area contributed by atoms with Crippen molar-refractivity contribution in [2.75, 3.05) is 14.2 Å². The molecule has 2 amide bonds. The highest BCUT2D eigenvalue weighted by Gasteiger charge is 2.47. The van der Waals surface area contributed by atoms with E-state index in [2.05, 4.69) is 27.2 Å². The molecular formula is C26H22Cl2N6O4. The van der Waals surface area contributed by atoms with Gasteiger partial charge in [0.1, 0.15) is 22.9 Å². The summed E-state index contributed by atoms with van der Waals surface area (Å²) in [5.41, 5.74) is 2.03. The summed E-state index contributed by atoms with van der Waals surface area (Å²) in [7, 11) is 2.93. The number of halogens is 2. The first-order valence-corrected chi connectivity index (χ1v) is 12.4. The van der Waals surface area contributed by atoms with Gasteiger partial charge in [-0.3, -0.25) is 19.8 Å². The normalized spacial score (nSPS) is 18.4. The van der Waals surface area contributed by atoms with Crippen molar-refractivity contribution in [2.45, 2.75) is 31.3 Å². The van der Waals surface area contributed by atoms with Gasteiger partial charge in [0, 0.05) is 23.3 Å². The van der Waals surface area contributed by atoms with Crippen LogP contribution in [-0.4, -0.2) is 55.8 Å². The number of rotatable bonds is 6. The van der Waals surface area contributed by atoms with Crippen LogP contribution in [0.25, 0.3) is 11.4 Å². The number of nitrogens with one attached hydrogen (secondary N) is 1. The van der Waals surface area contributed by atoms with Crippen molar-refractivity contribution in [2.24, 2.45) is 0 Å². The number of amides is 2. The monoisotopic (exact) mass is 552 g/mol. The molecule has 0 aliphatic carbocycles. The molecule has 4 heterocycles. The van der Waals surface area contributed by atoms with Crippen molar-refractivity contribution in [3.8, 4) is 35.2 Å². The molecule has 0 spiro atoms. The topological polar surface area (TPSA) is 111 Å². The minimum absolute atomic E-state index is 0.0627. The fourth-order valence-electron chi connectivity index (χ4n) is 4.56. The average molecular weight is 553 g/mol. The van der Waals surface area contributed by atoms with Gasteiger partial charge in [-0.05, 0) is 37.6 Å². The van der Waals surface area contributed by atoms with E-state index in [0.717, 1.165) is 5.56 Å². The molecule has 0 bridgehead atoms. The zero-order chi connectivity index (χ0) is 27.1. The lowest BCUT2D eigenvalue weighted by Crippen LogP contribution is -2.37. The molecule has 2 aromatic heterocycles. The lowest BCUT2D eigenvalue weighted by molar-refractivity contribution is -0.117. The fourth-order valence-corrected chi connectivity index (χ4v) is 4.86. The number of carbonyl (C=O) groups excluding carboxylic acids is 2. The molecule has 1 N–H and O–H groups in total. The number of hydrogen-bond donors (Lipinski definition) is 1. The molecule has 0 saturated carbocycles. The average Bonchev–Trinajstić information content (AvgIpc) is 3.36. The van der Waals surface area contributed by atoms with Gasteiger partial charge in [0.05, 0.1) is 25.5 Å². The Kier molecular flexibility index (Phi) is 6.73. The first kappa shape index (κ1) is 25.6. The highest BCUT2D eigenvalue weighted by molar-refractivity contribution is 6.30. The number of allylic oxidation sites excluding steroid dienone is 1. The first-order valence-electron chi connectivity index (χ1n) is 11.6. The SMILES string of the molecule is COc1ncc(-c2nc3c(n2C(C)C)[C@H](c2ccc(Cl)cc2)N(C2=CC(Cl)C#CNC2=O)C3=O)c(OC)n1. The molecule has 5 rings (SSSR count). The summed E-state index contributed by atoms with van der Waals surface area (Å²) in [6.07, 6.45) is 3.00. The third kappa shape index (κ3) is 4.23. The molecule has 2 aliphatic rings. The third-order valence-electron chi connectivity index (χ3n) is 6.12. The van der Waals surface area contributed by atoms with Crippen molar-refractivity contribution in [1.82, 2.24) is 29.7 Å². The summed E-state index contributed by atoms with van der Waals surface area (Å²) in [4.78, 5) is 41.7. The zero-order valence-electron chi connectivity index (χ0n) is 20.8. The van der Waals surface area contributed by atoms with Crippen molar-refractivity contribution < 1.29 is 19.1 Å². The number of imidazole rings is 1. The summed E-state index contributed by atoms with van der Waals surface area (Å²) in [6, 6.07) is 8.85. The molecular weight excluding hydrogens is 531 g/mol. The molecule has 1 unspecified atom stereocenters. The van der Waals surface area contributed by atoms with E-state index in [1.165, 1.54) is 31.4 Å². The van der Waals surface area contributed by atoms with Gasteiger partial charge in [-0.25, -0.2) is 9.97 Å². The predicted molar refractivity (Wildman–Crippen MR) is 140 cm³/mol. The Balaban J connectivity index is 1.76. The Labute approximate surface area is 228 Å². The number of fused-ring (bicyclic) bond motifs is 1. The van der Waals surface area contributed by atoms with Gasteiger partial charge in [0.15, 0.2) is 5.69 Å². The largest absolute Gasteiger partial charge is 0.480 e. The lowest BCUT2D eigenvalue weighted by Gasteiger charge is -2.29. The predicted octanol–water partition coefficient (Wildman–Crippen LogP) is 3.72. The first-order chi connectivity index (χ1) is 18.2. The molecule has 0 radical (unpaired) electrons. The molecule has 2 atom stereocenters. The molecule has 0 saturated heterocycles. The second-order valence-corrected chi connectivity index (χ2v) is 9.63. The fraction of sp³-hybridized carbons (Fsp3) is 0.269. The summed E-state index contributed by atoms with van der Waals surface area (Å²) in [5.74, 6) is 2.36. The van der Waals surface area contributed by atoms with Crippen molar-refractivity contribution in [3.05, 3.63) is 64.2 Å². The smallest absolute Gasteiger partial charge is 0.319 e. The third-order valence-corrected chi connectivity index (χ3v) is 6.61. The number of alkyl halides is 1. The van der Waals surface area contributed by atoms with Crippen LogP contribution in [0.3, 0.4) is 0 Å². The number of aromatic nitrogens is 4. The van der Waals surface area contributed by atoms with Crippen LogP contribution < -0.4 is 14.8 Å². The van der Waals surface area contributed by atoms with E-state index in [4.69, 9.17) is 37.7 Å². The number of carbonyl (C=O) groups is 2. The van der Waals surface area contributed by atoms with E-state index in [-0.39, 0.29) is 29.3 Å². The van der Waals surface area contributed by atoms with Crippen molar-refractivity contribution in [1.29, 1.82) is 0 Å². The van der Waals surface area contributed by atoms with Crippen LogP contribution in [0.5, 0.6) is 11.9 Å². The summed E-state index contributed by atoms with van der Waals surface area (Å²) in [6.45, 7) is 3.93. The Morgan fingerprint density at radius 3 is 2.50 bits per heavy atom. The van der Waals surface area contributed by atoms with Crippen LogP contribution in [0, 0.1) is 12.0 Å². The molecule has 0 fully saturated rings. The van der Waals surface area contributed by atoms with Crippen molar-refractivity contribution >= 4 is 35.0 Å². The minimum Gasteiger partial charge on any atom is -0.480 e. The van der Waals surface area contributed by atoms with Gasteiger partial charge in [-0.15, -0.1) is 11.6 Å². The van der Waals surface area contributed by atoms with E-state index in [0.29, 0.717) is 22.1 Å².